The van der Waals surface area contributed by atoms with Crippen molar-refractivity contribution in [3.63, 3.8) is 0 Å². The van der Waals surface area contributed by atoms with E-state index in [1.165, 1.54) is 0 Å². The lowest BCUT2D eigenvalue weighted by molar-refractivity contribution is -0.150. The third-order valence-electron chi connectivity index (χ3n) is 2.43. The van der Waals surface area contributed by atoms with Gasteiger partial charge in [-0.3, -0.25) is 4.79 Å². The Bertz CT molecular complexity index is 163. The zero-order valence-electron chi connectivity index (χ0n) is 6.89. The van der Waals surface area contributed by atoms with Crippen LogP contribution in [0.2, 0.25) is 0 Å². The van der Waals surface area contributed by atoms with Gasteiger partial charge in [-0.05, 0) is 12.8 Å². The minimum atomic E-state index is -1.11. The van der Waals surface area contributed by atoms with Gasteiger partial charge in [0.05, 0.1) is 6.42 Å². The van der Waals surface area contributed by atoms with Crippen molar-refractivity contribution in [3.05, 3.63) is 0 Å². The van der Waals surface area contributed by atoms with E-state index >= 15 is 0 Å². The number of carbonyl (C=O) groups is 1. The van der Waals surface area contributed by atoms with E-state index in [1.807, 2.05) is 13.8 Å². The molecule has 2 nitrogen and oxygen atoms in total. The molecule has 1 aliphatic rings. The zero-order valence-corrected chi connectivity index (χ0v) is 6.89. The fourth-order valence-electron chi connectivity index (χ4n) is 1.50. The molecule has 0 N–H and O–H groups in total. The Morgan fingerprint density at radius 2 is 2.18 bits per heavy atom. The first kappa shape index (κ1) is 8.50. The van der Waals surface area contributed by atoms with Crippen LogP contribution in [0, 0.1) is 0 Å². The van der Waals surface area contributed by atoms with Crippen LogP contribution in [0.1, 0.15) is 33.1 Å². The maximum atomic E-state index is 13.1. The highest BCUT2D eigenvalue weighted by atomic mass is 19.1. The minimum absolute atomic E-state index is 0.0678. The molecule has 64 valence electrons. The predicted molar refractivity (Wildman–Crippen MR) is 38.9 cm³/mol. The van der Waals surface area contributed by atoms with Crippen LogP contribution >= 0.6 is 0 Å². The van der Waals surface area contributed by atoms with Crippen molar-refractivity contribution in [3.8, 4) is 0 Å². The molecule has 0 aromatic heterocycles. The molecule has 11 heavy (non-hydrogen) atoms. The number of alkyl halides is 1. The molecule has 0 saturated carbocycles. The average Bonchev–Trinajstić information content (AvgIpc) is 2.27. The molecule has 1 rings (SSSR count). The quantitative estimate of drug-likeness (QED) is 0.576. The number of cyclic esters (lactones) is 1. The van der Waals surface area contributed by atoms with E-state index in [0.717, 1.165) is 0 Å². The smallest absolute Gasteiger partial charge is 0.309 e. The first-order chi connectivity index (χ1) is 5.14. The van der Waals surface area contributed by atoms with Crippen molar-refractivity contribution in [2.75, 3.05) is 0 Å². The van der Waals surface area contributed by atoms with E-state index in [0.29, 0.717) is 12.8 Å². The summed E-state index contributed by atoms with van der Waals surface area (Å²) < 4.78 is 18.1. The van der Waals surface area contributed by atoms with Crippen LogP contribution in [0.25, 0.3) is 0 Å². The molecule has 0 aromatic rings. The van der Waals surface area contributed by atoms with Crippen molar-refractivity contribution < 1.29 is 13.9 Å². The fraction of sp³-hybridized carbons (Fsp3) is 0.875. The highest BCUT2D eigenvalue weighted by molar-refractivity contribution is 5.73. The number of ether oxygens (including phenoxy) is 1. The number of halogens is 1. The molecule has 1 atom stereocenters. The summed E-state index contributed by atoms with van der Waals surface area (Å²) in [4.78, 5) is 10.7. The van der Waals surface area contributed by atoms with Gasteiger partial charge < -0.3 is 4.74 Å². The third kappa shape index (κ3) is 1.24. The maximum absolute atomic E-state index is 13.1. The van der Waals surface area contributed by atoms with Crippen molar-refractivity contribution >= 4 is 5.97 Å². The summed E-state index contributed by atoms with van der Waals surface area (Å²) >= 11 is 0. The Balaban J connectivity index is 2.75. The van der Waals surface area contributed by atoms with Gasteiger partial charge in [-0.2, -0.15) is 0 Å². The van der Waals surface area contributed by atoms with Crippen LogP contribution in [0.4, 0.5) is 4.39 Å². The van der Waals surface area contributed by atoms with Gasteiger partial charge in [-0.15, -0.1) is 0 Å². The lowest BCUT2D eigenvalue weighted by Gasteiger charge is -2.26. The molecule has 1 aliphatic heterocycles. The second-order valence-corrected chi connectivity index (χ2v) is 2.92. The highest BCUT2D eigenvalue weighted by Crippen LogP contribution is 2.35. The molecule has 0 aromatic carbocycles. The van der Waals surface area contributed by atoms with E-state index in [1.54, 1.807) is 0 Å². The SMILES string of the molecule is CCC1(CC)OC(=O)CC1F. The molecule has 1 fully saturated rings. The fourth-order valence-corrected chi connectivity index (χ4v) is 1.50. The molecule has 1 unspecified atom stereocenters. The minimum Gasteiger partial charge on any atom is -0.456 e. The highest BCUT2D eigenvalue weighted by Gasteiger charge is 2.47. The van der Waals surface area contributed by atoms with Crippen LogP contribution < -0.4 is 0 Å². The van der Waals surface area contributed by atoms with E-state index < -0.39 is 17.7 Å². The topological polar surface area (TPSA) is 26.3 Å². The monoisotopic (exact) mass is 160 g/mol. The number of hydrogen-bond donors (Lipinski definition) is 0. The molecule has 0 amide bonds. The van der Waals surface area contributed by atoms with Gasteiger partial charge in [-0.1, -0.05) is 13.8 Å². The molecule has 0 bridgehead atoms. The summed E-state index contributed by atoms with van der Waals surface area (Å²) in [5.74, 6) is -0.402. The lowest BCUT2D eigenvalue weighted by atomic mass is 9.92. The molecular weight excluding hydrogens is 147 g/mol. The van der Waals surface area contributed by atoms with Crippen molar-refractivity contribution in [2.24, 2.45) is 0 Å². The molecule has 0 aliphatic carbocycles. The second-order valence-electron chi connectivity index (χ2n) is 2.92. The summed E-state index contributed by atoms with van der Waals surface area (Å²) in [5.41, 5.74) is -0.808. The summed E-state index contributed by atoms with van der Waals surface area (Å²) in [6.45, 7) is 3.68. The van der Waals surface area contributed by atoms with E-state index in [-0.39, 0.29) is 6.42 Å². The number of carbonyl (C=O) groups excluding carboxylic acids is 1. The third-order valence-corrected chi connectivity index (χ3v) is 2.43. The van der Waals surface area contributed by atoms with Gasteiger partial charge >= 0.3 is 5.97 Å². The largest absolute Gasteiger partial charge is 0.456 e. The molecule has 3 heteroatoms. The Morgan fingerprint density at radius 1 is 1.64 bits per heavy atom. The summed E-state index contributed by atoms with van der Waals surface area (Å²) in [5, 5.41) is 0. The molecular formula is C8H13FO2. The normalized spacial score (nSPS) is 28.6. The number of rotatable bonds is 2. The maximum Gasteiger partial charge on any atom is 0.309 e. The van der Waals surface area contributed by atoms with Crippen LogP contribution in [0.5, 0.6) is 0 Å². The van der Waals surface area contributed by atoms with Crippen LogP contribution in [0.3, 0.4) is 0 Å². The van der Waals surface area contributed by atoms with Gasteiger partial charge in [0.15, 0.2) is 6.17 Å². The molecule has 0 spiro atoms. The Labute approximate surface area is 65.7 Å². The van der Waals surface area contributed by atoms with Gasteiger partial charge in [0.1, 0.15) is 5.60 Å². The summed E-state index contributed by atoms with van der Waals surface area (Å²) in [6, 6.07) is 0. The van der Waals surface area contributed by atoms with E-state index in [4.69, 9.17) is 4.74 Å². The predicted octanol–water partition coefficient (Wildman–Crippen LogP) is 1.83. The standard InChI is InChI=1S/C8H13FO2/c1-3-8(4-2)6(9)5-7(10)11-8/h6H,3-5H2,1-2H3. The van der Waals surface area contributed by atoms with Crippen LogP contribution in [0.15, 0.2) is 0 Å². The first-order valence-electron chi connectivity index (χ1n) is 4.00. The molecule has 1 saturated heterocycles. The number of hydrogen-bond acceptors (Lipinski definition) is 2. The van der Waals surface area contributed by atoms with E-state index in [9.17, 15) is 9.18 Å². The zero-order chi connectivity index (χ0) is 8.48. The lowest BCUT2D eigenvalue weighted by Crippen LogP contribution is -2.35. The number of esters is 1. The Hall–Kier alpha value is -0.600. The van der Waals surface area contributed by atoms with Crippen molar-refractivity contribution in [1.82, 2.24) is 0 Å². The van der Waals surface area contributed by atoms with Gasteiger partial charge in [-0.25, -0.2) is 4.39 Å². The second kappa shape index (κ2) is 2.80. The van der Waals surface area contributed by atoms with Crippen LogP contribution in [-0.2, 0) is 9.53 Å². The first-order valence-corrected chi connectivity index (χ1v) is 4.00. The van der Waals surface area contributed by atoms with Crippen molar-refractivity contribution in [2.45, 2.75) is 44.9 Å². The van der Waals surface area contributed by atoms with Gasteiger partial charge in [0.2, 0.25) is 0 Å². The summed E-state index contributed by atoms with van der Waals surface area (Å²) in [6.07, 6.45) is -0.0425. The Morgan fingerprint density at radius 3 is 2.36 bits per heavy atom. The molecule has 0 radical (unpaired) electrons. The Kier molecular flexibility index (Phi) is 2.16. The van der Waals surface area contributed by atoms with Gasteiger partial charge in [0.25, 0.3) is 0 Å². The molecule has 1 heterocycles. The van der Waals surface area contributed by atoms with E-state index in [2.05, 4.69) is 0 Å². The van der Waals surface area contributed by atoms with Crippen molar-refractivity contribution in [1.29, 1.82) is 0 Å². The van der Waals surface area contributed by atoms with Gasteiger partial charge in [0, 0.05) is 0 Å². The summed E-state index contributed by atoms with van der Waals surface area (Å²) in [7, 11) is 0. The van der Waals surface area contributed by atoms with Crippen LogP contribution in [-0.4, -0.2) is 17.7 Å². The average molecular weight is 160 g/mol.